The molecule has 1 heterocycles. The van der Waals surface area contributed by atoms with E-state index in [1.807, 2.05) is 12.1 Å². The summed E-state index contributed by atoms with van der Waals surface area (Å²) < 4.78 is 11.7. The summed E-state index contributed by atoms with van der Waals surface area (Å²) in [6.45, 7) is 3.05. The van der Waals surface area contributed by atoms with Gasteiger partial charge in [0.15, 0.2) is 5.13 Å². The topological polar surface area (TPSA) is 43.4 Å². The monoisotopic (exact) mass is 252 g/mol. The molecule has 4 nitrogen and oxygen atoms in total. The molecule has 17 heavy (non-hydrogen) atoms. The number of methoxy groups -OCH3 is 2. The first-order valence-corrected chi connectivity index (χ1v) is 6.37. The van der Waals surface area contributed by atoms with Gasteiger partial charge < -0.3 is 14.8 Å². The Labute approximate surface area is 105 Å². The van der Waals surface area contributed by atoms with E-state index in [1.165, 1.54) is 0 Å². The van der Waals surface area contributed by atoms with Crippen LogP contribution in [-0.2, 0) is 0 Å². The van der Waals surface area contributed by atoms with E-state index in [9.17, 15) is 0 Å². The Bertz CT molecular complexity index is 469. The maximum atomic E-state index is 5.33. The van der Waals surface area contributed by atoms with Crippen molar-refractivity contribution >= 4 is 26.7 Å². The molecule has 0 aliphatic carbocycles. The summed E-state index contributed by atoms with van der Waals surface area (Å²) in [4.78, 5) is 4.53. The average molecular weight is 252 g/mol. The lowest BCUT2D eigenvalue weighted by molar-refractivity contribution is 0.410. The smallest absolute Gasteiger partial charge is 0.184 e. The van der Waals surface area contributed by atoms with Crippen LogP contribution < -0.4 is 14.8 Å². The Morgan fingerprint density at radius 3 is 2.59 bits per heavy atom. The minimum Gasteiger partial charge on any atom is -0.495 e. The number of nitrogens with zero attached hydrogens (tertiary/aromatic N) is 1. The van der Waals surface area contributed by atoms with Crippen LogP contribution in [0.3, 0.4) is 0 Å². The number of benzene rings is 1. The van der Waals surface area contributed by atoms with Crippen LogP contribution >= 0.6 is 11.3 Å². The predicted octanol–water partition coefficient (Wildman–Crippen LogP) is 3.14. The van der Waals surface area contributed by atoms with Crippen molar-refractivity contribution in [1.29, 1.82) is 0 Å². The van der Waals surface area contributed by atoms with Crippen molar-refractivity contribution in [2.24, 2.45) is 0 Å². The fourth-order valence-electron chi connectivity index (χ4n) is 1.59. The highest BCUT2D eigenvalue weighted by atomic mass is 32.1. The standard InChI is InChI=1S/C12H16N2O2S/c1-4-7-13-12-14-10-8(15-2)5-6-9(16-3)11(10)17-12/h5-6H,4,7H2,1-3H3,(H,13,14). The number of aromatic nitrogens is 1. The van der Waals surface area contributed by atoms with Gasteiger partial charge in [0.25, 0.3) is 0 Å². The summed E-state index contributed by atoms with van der Waals surface area (Å²) in [6, 6.07) is 3.79. The molecule has 2 rings (SSSR count). The van der Waals surface area contributed by atoms with Gasteiger partial charge in [-0.05, 0) is 18.6 Å². The first-order chi connectivity index (χ1) is 8.30. The van der Waals surface area contributed by atoms with E-state index in [4.69, 9.17) is 9.47 Å². The number of nitrogens with one attached hydrogen (secondary N) is 1. The van der Waals surface area contributed by atoms with Crippen molar-refractivity contribution in [2.45, 2.75) is 13.3 Å². The highest BCUT2D eigenvalue weighted by Crippen LogP contribution is 2.38. The zero-order valence-electron chi connectivity index (χ0n) is 10.2. The van der Waals surface area contributed by atoms with Crippen molar-refractivity contribution in [3.8, 4) is 11.5 Å². The fraction of sp³-hybridized carbons (Fsp3) is 0.417. The molecular weight excluding hydrogens is 236 g/mol. The van der Waals surface area contributed by atoms with Gasteiger partial charge in [0.2, 0.25) is 0 Å². The summed E-state index contributed by atoms with van der Waals surface area (Å²) in [7, 11) is 3.32. The van der Waals surface area contributed by atoms with Crippen molar-refractivity contribution in [1.82, 2.24) is 4.98 Å². The van der Waals surface area contributed by atoms with Crippen molar-refractivity contribution in [3.63, 3.8) is 0 Å². The van der Waals surface area contributed by atoms with Gasteiger partial charge in [-0.15, -0.1) is 0 Å². The van der Waals surface area contributed by atoms with Crippen molar-refractivity contribution in [3.05, 3.63) is 12.1 Å². The fourth-order valence-corrected chi connectivity index (χ4v) is 2.59. The van der Waals surface area contributed by atoms with E-state index in [2.05, 4.69) is 17.2 Å². The summed E-state index contributed by atoms with van der Waals surface area (Å²) >= 11 is 1.59. The van der Waals surface area contributed by atoms with Gasteiger partial charge in [-0.3, -0.25) is 0 Å². The summed E-state index contributed by atoms with van der Waals surface area (Å²) in [5, 5.41) is 4.19. The molecule has 0 radical (unpaired) electrons. The first kappa shape index (κ1) is 12.0. The molecule has 2 aromatic rings. The summed E-state index contributed by atoms with van der Waals surface area (Å²) in [5.41, 5.74) is 0.857. The van der Waals surface area contributed by atoms with Gasteiger partial charge in [-0.1, -0.05) is 18.3 Å². The van der Waals surface area contributed by atoms with Crippen LogP contribution in [0.25, 0.3) is 10.2 Å². The molecular formula is C12H16N2O2S. The minimum absolute atomic E-state index is 0.779. The van der Waals surface area contributed by atoms with Crippen LogP contribution in [0.2, 0.25) is 0 Å². The lowest BCUT2D eigenvalue weighted by Gasteiger charge is -2.03. The molecule has 0 bridgehead atoms. The number of ether oxygens (including phenoxy) is 2. The normalized spacial score (nSPS) is 10.5. The quantitative estimate of drug-likeness (QED) is 0.887. The van der Waals surface area contributed by atoms with Gasteiger partial charge in [0.05, 0.1) is 14.2 Å². The van der Waals surface area contributed by atoms with Gasteiger partial charge in [0, 0.05) is 6.54 Å². The van der Waals surface area contributed by atoms with E-state index in [0.717, 1.165) is 39.8 Å². The minimum atomic E-state index is 0.779. The van der Waals surface area contributed by atoms with Crippen molar-refractivity contribution < 1.29 is 9.47 Å². The largest absolute Gasteiger partial charge is 0.495 e. The van der Waals surface area contributed by atoms with Gasteiger partial charge in [-0.25, -0.2) is 4.98 Å². The van der Waals surface area contributed by atoms with Gasteiger partial charge >= 0.3 is 0 Å². The van der Waals surface area contributed by atoms with E-state index in [0.29, 0.717) is 0 Å². The second kappa shape index (κ2) is 5.23. The number of fused-ring (bicyclic) bond motifs is 1. The molecule has 0 fully saturated rings. The Balaban J connectivity index is 2.48. The number of hydrogen-bond acceptors (Lipinski definition) is 5. The zero-order chi connectivity index (χ0) is 12.3. The van der Waals surface area contributed by atoms with Gasteiger partial charge in [0.1, 0.15) is 21.7 Å². The molecule has 0 saturated carbocycles. The molecule has 0 aliphatic heterocycles. The van der Waals surface area contributed by atoms with E-state index >= 15 is 0 Å². The maximum absolute atomic E-state index is 5.33. The molecule has 5 heteroatoms. The Morgan fingerprint density at radius 2 is 1.94 bits per heavy atom. The third-order valence-corrected chi connectivity index (χ3v) is 3.46. The maximum Gasteiger partial charge on any atom is 0.184 e. The molecule has 92 valence electrons. The van der Waals surface area contributed by atoms with E-state index < -0.39 is 0 Å². The molecule has 0 aliphatic rings. The van der Waals surface area contributed by atoms with Crippen LogP contribution in [0.15, 0.2) is 12.1 Å². The Kier molecular flexibility index (Phi) is 3.68. The van der Waals surface area contributed by atoms with Crippen LogP contribution in [0.4, 0.5) is 5.13 Å². The Hall–Kier alpha value is -1.49. The van der Waals surface area contributed by atoms with E-state index in [1.54, 1.807) is 25.6 Å². The summed E-state index contributed by atoms with van der Waals surface area (Å²) in [5.74, 6) is 1.62. The Morgan fingerprint density at radius 1 is 1.24 bits per heavy atom. The van der Waals surface area contributed by atoms with E-state index in [-0.39, 0.29) is 0 Å². The molecule has 0 saturated heterocycles. The molecule has 0 amide bonds. The zero-order valence-corrected chi connectivity index (χ0v) is 11.1. The predicted molar refractivity (Wildman–Crippen MR) is 71.5 cm³/mol. The van der Waals surface area contributed by atoms with Crippen LogP contribution in [0.5, 0.6) is 11.5 Å². The molecule has 0 atom stereocenters. The highest BCUT2D eigenvalue weighted by Gasteiger charge is 2.12. The molecule has 1 aromatic carbocycles. The summed E-state index contributed by atoms with van der Waals surface area (Å²) in [6.07, 6.45) is 1.07. The van der Waals surface area contributed by atoms with Gasteiger partial charge in [-0.2, -0.15) is 0 Å². The lowest BCUT2D eigenvalue weighted by Crippen LogP contribution is -1.98. The van der Waals surface area contributed by atoms with Crippen LogP contribution in [0, 0.1) is 0 Å². The number of rotatable bonds is 5. The number of anilines is 1. The first-order valence-electron chi connectivity index (χ1n) is 5.55. The molecule has 0 unspecified atom stereocenters. The van der Waals surface area contributed by atoms with Crippen molar-refractivity contribution in [2.75, 3.05) is 26.1 Å². The number of hydrogen-bond donors (Lipinski definition) is 1. The number of thiazole rings is 1. The molecule has 0 spiro atoms. The van der Waals surface area contributed by atoms with Crippen LogP contribution in [0.1, 0.15) is 13.3 Å². The average Bonchev–Trinajstić information content (AvgIpc) is 2.78. The molecule has 1 aromatic heterocycles. The van der Waals surface area contributed by atoms with Crippen LogP contribution in [-0.4, -0.2) is 25.7 Å². The highest BCUT2D eigenvalue weighted by molar-refractivity contribution is 7.22. The second-order valence-corrected chi connectivity index (χ2v) is 4.59. The molecule has 1 N–H and O–H groups in total. The lowest BCUT2D eigenvalue weighted by atomic mass is 10.3. The third-order valence-electron chi connectivity index (χ3n) is 2.44. The second-order valence-electron chi connectivity index (χ2n) is 3.59. The SMILES string of the molecule is CCCNc1nc2c(OC)ccc(OC)c2s1. The third kappa shape index (κ3) is 2.29.